The summed E-state index contributed by atoms with van der Waals surface area (Å²) in [5, 5.41) is 55.9. The first-order valence-corrected chi connectivity index (χ1v) is 27.0. The summed E-state index contributed by atoms with van der Waals surface area (Å²) in [5.41, 5.74) is 1.08. The molecule has 0 bridgehead atoms. The fourth-order valence-electron chi connectivity index (χ4n) is 10.3. The van der Waals surface area contributed by atoms with Crippen molar-refractivity contribution in [2.75, 3.05) is 46.7 Å². The van der Waals surface area contributed by atoms with Gasteiger partial charge in [0.1, 0.15) is 53.4 Å². The molecule has 1 fully saturated rings. The summed E-state index contributed by atoms with van der Waals surface area (Å²) in [4.78, 5) is 145. The number of amides is 7. The van der Waals surface area contributed by atoms with Crippen molar-refractivity contribution >= 4 is 64.5 Å². The molecule has 10 N–H and O–H groups in total. The van der Waals surface area contributed by atoms with E-state index in [0.29, 0.717) is 0 Å². The van der Waals surface area contributed by atoms with Crippen LogP contribution in [0, 0.1) is 17.8 Å². The van der Waals surface area contributed by atoms with Crippen LogP contribution in [0.5, 0.6) is 17.2 Å². The maximum atomic E-state index is 14.3. The molecule has 2 aliphatic carbocycles. The van der Waals surface area contributed by atoms with Crippen molar-refractivity contribution in [2.45, 2.75) is 135 Å². The van der Waals surface area contributed by atoms with Crippen LogP contribution in [-0.2, 0) is 68.5 Å². The fraction of sp³-hybridized carbons (Fsp3) is 0.554. The van der Waals surface area contributed by atoms with Crippen molar-refractivity contribution in [3.05, 3.63) is 63.7 Å². The Balaban J connectivity index is 1.08. The Bertz CT molecular complexity index is 2870. The molecule has 1 unspecified atom stereocenters. The second kappa shape index (κ2) is 27.5. The smallest absolute Gasteiger partial charge is 0.253 e. The Morgan fingerprint density at radius 2 is 1.45 bits per heavy atom. The van der Waals surface area contributed by atoms with Crippen LogP contribution in [0.1, 0.15) is 129 Å². The number of fused-ring (bicyclic) bond motifs is 3. The molecule has 0 saturated carbocycles. The number of benzene rings is 2. The fourth-order valence-corrected chi connectivity index (χ4v) is 10.3. The zero-order valence-corrected chi connectivity index (χ0v) is 46.7. The molecule has 26 nitrogen and oxygen atoms in total. The van der Waals surface area contributed by atoms with Gasteiger partial charge in [0.05, 0.1) is 75.4 Å². The maximum Gasteiger partial charge on any atom is 0.253 e. The summed E-state index contributed by atoms with van der Waals surface area (Å²) >= 11 is 0. The number of primary amides is 1. The van der Waals surface area contributed by atoms with Crippen molar-refractivity contribution in [3.8, 4) is 17.2 Å². The number of nitrogens with one attached hydrogen (secondary N) is 4. The van der Waals surface area contributed by atoms with Gasteiger partial charge in [0, 0.05) is 78.8 Å². The molecule has 26 heteroatoms. The van der Waals surface area contributed by atoms with E-state index in [-0.39, 0.29) is 98.4 Å². The number of rotatable bonds is 28. The Labute approximate surface area is 472 Å². The zero-order chi connectivity index (χ0) is 60.5. The second-order valence-electron chi connectivity index (χ2n) is 21.4. The minimum Gasteiger partial charge on any atom is -0.507 e. The molecule has 2 aromatic rings. The van der Waals surface area contributed by atoms with Crippen molar-refractivity contribution in [1.29, 1.82) is 0 Å². The standard InChI is InChI=1S/C56H72N6O20/c1-26(2)19-35(61-55(76)36(21-40(57)66)60-53(74)29(5)58-52(73)27(3)20-31(64)13-15-79-17-18-80-16-14-62-41(67)11-12-42(62)68)54(75)59-34-22-43(81-30(6)28(34)4)82-38-24-56(77,39(65)25-63)23-33-45(38)51(72)47-46(49(33)70)48(69)32-9-8-10-37(78-7)44(32)50(47)71/h8-12,26-30,34-36,38,43,63,70,72,77H,13-25H2,1-7H3,(H2,57,66)(H,58,73)(H,59,75)(H,60,74)(H,61,76)/t27-,28+,29+,30-,34-,35?,36+,38-,43-,56-/m0/s1. The van der Waals surface area contributed by atoms with E-state index in [2.05, 4.69) is 21.3 Å². The normalized spacial score (nSPS) is 22.5. The molecule has 1 saturated heterocycles. The van der Waals surface area contributed by atoms with Gasteiger partial charge < -0.3 is 71.1 Å². The van der Waals surface area contributed by atoms with Crippen LogP contribution in [0.15, 0.2) is 30.4 Å². The van der Waals surface area contributed by atoms with E-state index >= 15 is 0 Å². The Hall–Kier alpha value is -7.49. The molecule has 446 valence electrons. The number of carbonyl (C=O) groups is 11. The first kappa shape index (κ1) is 63.7. The predicted octanol–water partition coefficient (Wildman–Crippen LogP) is -0.227. The number of hydrogen-bond acceptors (Lipinski definition) is 20. The van der Waals surface area contributed by atoms with Gasteiger partial charge in [-0.25, -0.2) is 0 Å². The molecule has 2 heterocycles. The summed E-state index contributed by atoms with van der Waals surface area (Å²) in [6.45, 7) is 9.16. The molecule has 0 radical (unpaired) electrons. The highest BCUT2D eigenvalue weighted by atomic mass is 16.7. The predicted molar refractivity (Wildman–Crippen MR) is 285 cm³/mol. The Morgan fingerprint density at radius 3 is 2.09 bits per heavy atom. The van der Waals surface area contributed by atoms with Gasteiger partial charge in [0.2, 0.25) is 35.3 Å². The average molecular weight is 1150 g/mol. The molecule has 6 rings (SSSR count). The molecule has 2 aliphatic heterocycles. The number of aliphatic hydroxyl groups is 2. The number of ketones is 4. The SMILES string of the molecule is COc1cccc2c1C(=O)c1c(O)c3c(c(O)c1C2=O)C[C@@](O)(C(=O)CO)C[C@@H]3O[C@H]1C[C@H](NC(=O)C(CC(C)C)NC(=O)[C@@H](CC(N)=O)NC(=O)[C@@H](C)NC(=O)[C@@H](C)CC(=O)CCOCCOCCN2C(=O)C=CC2=O)[C@H](C)[C@H](C)O1. The number of phenols is 2. The van der Waals surface area contributed by atoms with E-state index < -0.39 is 167 Å². The van der Waals surface area contributed by atoms with Crippen molar-refractivity contribution in [3.63, 3.8) is 0 Å². The molecule has 10 atom stereocenters. The summed E-state index contributed by atoms with van der Waals surface area (Å²) in [6.07, 6.45) is -3.51. The highest BCUT2D eigenvalue weighted by molar-refractivity contribution is 6.31. The third-order valence-electron chi connectivity index (χ3n) is 14.9. The van der Waals surface area contributed by atoms with Crippen molar-refractivity contribution in [2.24, 2.45) is 23.5 Å². The lowest BCUT2D eigenvalue weighted by Crippen LogP contribution is -2.59. The largest absolute Gasteiger partial charge is 0.507 e. The topological polar surface area (TPSA) is 392 Å². The van der Waals surface area contributed by atoms with Gasteiger partial charge in [-0.05, 0) is 32.3 Å². The third kappa shape index (κ3) is 14.8. The number of Topliss-reactive ketones (excluding diaryl/α,β-unsaturated/α-hetero) is 2. The number of hydrogen-bond donors (Lipinski definition) is 9. The number of nitrogens with zero attached hydrogens (tertiary/aromatic N) is 1. The number of imide groups is 1. The van der Waals surface area contributed by atoms with Gasteiger partial charge in [0.15, 0.2) is 17.9 Å². The lowest BCUT2D eigenvalue weighted by Gasteiger charge is -2.43. The van der Waals surface area contributed by atoms with E-state index in [1.165, 1.54) is 51.3 Å². The van der Waals surface area contributed by atoms with Crippen LogP contribution in [0.4, 0.5) is 0 Å². The van der Waals surface area contributed by atoms with E-state index in [0.717, 1.165) is 4.90 Å². The molecule has 82 heavy (non-hydrogen) atoms. The Morgan fingerprint density at radius 1 is 0.805 bits per heavy atom. The van der Waals surface area contributed by atoms with E-state index in [1.54, 1.807) is 27.7 Å². The van der Waals surface area contributed by atoms with E-state index in [1.807, 2.05) is 0 Å². The summed E-state index contributed by atoms with van der Waals surface area (Å²) < 4.78 is 28.8. The molecule has 7 amide bonds. The lowest BCUT2D eigenvalue weighted by molar-refractivity contribution is -0.238. The molecular weight excluding hydrogens is 1080 g/mol. The van der Waals surface area contributed by atoms with Crippen molar-refractivity contribution in [1.82, 2.24) is 26.2 Å². The van der Waals surface area contributed by atoms with Crippen molar-refractivity contribution < 1.29 is 96.9 Å². The van der Waals surface area contributed by atoms with Crippen LogP contribution >= 0.6 is 0 Å². The van der Waals surface area contributed by atoms with Gasteiger partial charge in [-0.3, -0.25) is 57.6 Å². The monoisotopic (exact) mass is 1150 g/mol. The van der Waals surface area contributed by atoms with Crippen LogP contribution in [0.2, 0.25) is 0 Å². The van der Waals surface area contributed by atoms with Gasteiger partial charge in [-0.1, -0.05) is 39.8 Å². The molecule has 0 spiro atoms. The maximum absolute atomic E-state index is 14.3. The minimum absolute atomic E-state index is 0.0193. The van der Waals surface area contributed by atoms with Crippen LogP contribution < -0.4 is 31.7 Å². The number of nitrogens with two attached hydrogens (primary N) is 1. The van der Waals surface area contributed by atoms with Gasteiger partial charge in [0.25, 0.3) is 11.8 Å². The highest BCUT2D eigenvalue weighted by Gasteiger charge is 2.50. The van der Waals surface area contributed by atoms with Crippen LogP contribution in [-0.4, -0.2) is 179 Å². The molecule has 4 aliphatic rings. The summed E-state index contributed by atoms with van der Waals surface area (Å²) in [5.74, 6) is -11.2. The van der Waals surface area contributed by atoms with Gasteiger partial charge >= 0.3 is 0 Å². The highest BCUT2D eigenvalue weighted by Crippen LogP contribution is 2.52. The lowest BCUT2D eigenvalue weighted by atomic mass is 9.72. The van der Waals surface area contributed by atoms with Gasteiger partial charge in [-0.2, -0.15) is 0 Å². The number of aliphatic hydroxyl groups excluding tert-OH is 1. The average Bonchev–Trinajstić information content (AvgIpc) is 2.37. The number of methoxy groups -OCH3 is 1. The third-order valence-corrected chi connectivity index (χ3v) is 14.9. The number of aromatic hydroxyl groups is 2. The zero-order valence-electron chi connectivity index (χ0n) is 46.7. The first-order chi connectivity index (χ1) is 38.7. The summed E-state index contributed by atoms with van der Waals surface area (Å²) in [6, 6.07) is -0.725. The molecule has 2 aromatic carbocycles. The van der Waals surface area contributed by atoms with Gasteiger partial charge in [-0.15, -0.1) is 0 Å². The van der Waals surface area contributed by atoms with Crippen LogP contribution in [0.25, 0.3) is 0 Å². The quantitative estimate of drug-likeness (QED) is 0.0258. The first-order valence-electron chi connectivity index (χ1n) is 27.0. The van der Waals surface area contributed by atoms with Crippen LogP contribution in [0.3, 0.4) is 0 Å². The number of carbonyl (C=O) groups excluding carboxylic acids is 11. The van der Waals surface area contributed by atoms with E-state index in [4.69, 9.17) is 29.4 Å². The minimum atomic E-state index is -2.42. The number of ether oxygens (including phenoxy) is 5. The number of phenolic OH excluding ortho intramolecular Hbond substituents is 2. The Kier molecular flexibility index (Phi) is 21.4. The van der Waals surface area contributed by atoms with E-state index in [9.17, 15) is 73.2 Å². The second-order valence-corrected chi connectivity index (χ2v) is 21.4. The molecular formula is C56H72N6O20. The molecule has 0 aromatic heterocycles. The summed E-state index contributed by atoms with van der Waals surface area (Å²) in [7, 11) is 1.28.